The minimum atomic E-state index is 0.0661. The van der Waals surface area contributed by atoms with E-state index in [0.29, 0.717) is 13.1 Å². The topological polar surface area (TPSA) is 42.4 Å². The van der Waals surface area contributed by atoms with Gasteiger partial charge in [-0.05, 0) is 37.0 Å². The highest BCUT2D eigenvalue weighted by Crippen LogP contribution is 2.25. The molecule has 4 heteroatoms. The number of amides is 1. The van der Waals surface area contributed by atoms with E-state index in [1.54, 1.807) is 13.3 Å². The highest BCUT2D eigenvalue weighted by Gasteiger charge is 2.25. The lowest BCUT2D eigenvalue weighted by molar-refractivity contribution is -0.137. The van der Waals surface area contributed by atoms with Crippen LogP contribution in [0, 0.1) is 5.92 Å². The third-order valence-corrected chi connectivity index (χ3v) is 4.58. The molecule has 1 heterocycles. The number of benzene rings is 1. The quantitative estimate of drug-likeness (QED) is 0.750. The van der Waals surface area contributed by atoms with E-state index in [1.165, 1.54) is 0 Å². The average molecular weight is 336 g/mol. The maximum absolute atomic E-state index is 13.1. The molecule has 0 saturated heterocycles. The molecule has 0 N–H and O–H groups in total. The smallest absolute Gasteiger partial charge is 0.226 e. The molecule has 0 spiro atoms. The van der Waals surface area contributed by atoms with Gasteiger partial charge < -0.3 is 9.64 Å². The van der Waals surface area contributed by atoms with E-state index in [9.17, 15) is 4.79 Å². The number of aromatic nitrogens is 1. The van der Waals surface area contributed by atoms with Gasteiger partial charge in [-0.15, -0.1) is 0 Å². The molecule has 1 atom stereocenters. The van der Waals surface area contributed by atoms with Gasteiger partial charge in [-0.3, -0.25) is 9.78 Å². The summed E-state index contributed by atoms with van der Waals surface area (Å²) in [4.78, 5) is 19.2. The van der Waals surface area contributed by atoms with E-state index >= 15 is 0 Å². The molecular formula is C21H24N2O2. The average Bonchev–Trinajstić information content (AvgIpc) is 2.69. The van der Waals surface area contributed by atoms with Crippen LogP contribution in [0.1, 0.15) is 30.4 Å². The van der Waals surface area contributed by atoms with Gasteiger partial charge in [0, 0.05) is 37.0 Å². The van der Waals surface area contributed by atoms with E-state index in [-0.39, 0.29) is 11.8 Å². The van der Waals surface area contributed by atoms with Crippen molar-refractivity contribution in [3.8, 4) is 5.75 Å². The van der Waals surface area contributed by atoms with Crippen LogP contribution in [0.5, 0.6) is 5.75 Å². The second-order valence-corrected chi connectivity index (χ2v) is 6.35. The van der Waals surface area contributed by atoms with E-state index < -0.39 is 0 Å². The Kier molecular flexibility index (Phi) is 5.83. The lowest BCUT2D eigenvalue weighted by Gasteiger charge is -2.28. The largest absolute Gasteiger partial charge is 0.496 e. The molecule has 4 nitrogen and oxygen atoms in total. The fourth-order valence-corrected chi connectivity index (χ4v) is 3.24. The lowest BCUT2D eigenvalue weighted by atomic mass is 9.92. The van der Waals surface area contributed by atoms with Crippen molar-refractivity contribution in [1.82, 2.24) is 9.88 Å². The van der Waals surface area contributed by atoms with E-state index in [2.05, 4.69) is 17.1 Å². The van der Waals surface area contributed by atoms with Crippen molar-refractivity contribution in [2.45, 2.75) is 32.4 Å². The summed E-state index contributed by atoms with van der Waals surface area (Å²) >= 11 is 0. The number of carbonyl (C=O) groups is 1. The number of carbonyl (C=O) groups excluding carboxylic acids is 1. The predicted octanol–water partition coefficient (Wildman–Crippen LogP) is 3.98. The summed E-state index contributed by atoms with van der Waals surface area (Å²) in [5, 5.41) is 0. The van der Waals surface area contributed by atoms with E-state index in [4.69, 9.17) is 4.74 Å². The van der Waals surface area contributed by atoms with Crippen molar-refractivity contribution >= 4 is 5.91 Å². The maximum atomic E-state index is 13.1. The van der Waals surface area contributed by atoms with Crippen LogP contribution < -0.4 is 4.74 Å². The molecule has 0 saturated carbocycles. The van der Waals surface area contributed by atoms with Crippen molar-refractivity contribution < 1.29 is 9.53 Å². The van der Waals surface area contributed by atoms with Crippen LogP contribution in [0.3, 0.4) is 0 Å². The van der Waals surface area contributed by atoms with Crippen LogP contribution in [-0.4, -0.2) is 22.9 Å². The Balaban J connectivity index is 1.83. The van der Waals surface area contributed by atoms with Gasteiger partial charge in [0.25, 0.3) is 0 Å². The molecule has 1 aromatic carbocycles. The number of allylic oxidation sites excluding steroid dienone is 2. The number of hydrogen-bond donors (Lipinski definition) is 0. The first-order valence-electron chi connectivity index (χ1n) is 8.72. The van der Waals surface area contributed by atoms with E-state index in [1.807, 2.05) is 47.5 Å². The predicted molar refractivity (Wildman–Crippen MR) is 98.0 cm³/mol. The first kappa shape index (κ1) is 17.2. The van der Waals surface area contributed by atoms with Crippen LogP contribution in [0.2, 0.25) is 0 Å². The van der Waals surface area contributed by atoms with Crippen molar-refractivity contribution in [3.05, 3.63) is 72.1 Å². The summed E-state index contributed by atoms with van der Waals surface area (Å²) in [7, 11) is 1.66. The van der Waals surface area contributed by atoms with Crippen molar-refractivity contribution in [2.75, 3.05) is 7.11 Å². The van der Waals surface area contributed by atoms with Gasteiger partial charge in [0.15, 0.2) is 0 Å². The van der Waals surface area contributed by atoms with E-state index in [0.717, 1.165) is 36.1 Å². The molecule has 130 valence electrons. The molecule has 0 fully saturated rings. The number of nitrogens with zero attached hydrogens (tertiary/aromatic N) is 2. The van der Waals surface area contributed by atoms with Gasteiger partial charge in [0.1, 0.15) is 5.75 Å². The number of para-hydroxylation sites is 1. The zero-order valence-electron chi connectivity index (χ0n) is 14.6. The Morgan fingerprint density at radius 3 is 2.80 bits per heavy atom. The Morgan fingerprint density at radius 2 is 2.08 bits per heavy atom. The minimum absolute atomic E-state index is 0.0661. The summed E-state index contributed by atoms with van der Waals surface area (Å²) in [6.07, 6.45) is 10.6. The number of ether oxygens (including phenoxy) is 1. The van der Waals surface area contributed by atoms with Gasteiger partial charge in [0.05, 0.1) is 7.11 Å². The molecule has 0 radical (unpaired) electrons. The fourth-order valence-electron chi connectivity index (χ4n) is 3.24. The van der Waals surface area contributed by atoms with Gasteiger partial charge >= 0.3 is 0 Å². The number of methoxy groups -OCH3 is 1. The van der Waals surface area contributed by atoms with Crippen LogP contribution in [0.4, 0.5) is 0 Å². The first-order chi connectivity index (χ1) is 12.3. The third kappa shape index (κ3) is 4.47. The first-order valence-corrected chi connectivity index (χ1v) is 8.72. The molecule has 1 aromatic heterocycles. The van der Waals surface area contributed by atoms with Gasteiger partial charge in [-0.2, -0.15) is 0 Å². The molecule has 2 aromatic rings. The van der Waals surface area contributed by atoms with Crippen LogP contribution >= 0.6 is 0 Å². The second-order valence-electron chi connectivity index (χ2n) is 6.35. The summed E-state index contributed by atoms with van der Waals surface area (Å²) < 4.78 is 5.46. The van der Waals surface area contributed by atoms with Gasteiger partial charge in [-0.25, -0.2) is 0 Å². The summed E-state index contributed by atoms with van der Waals surface area (Å²) in [5.74, 6) is 1.09. The Hall–Kier alpha value is -2.62. The highest BCUT2D eigenvalue weighted by atomic mass is 16.5. The zero-order chi connectivity index (χ0) is 17.5. The molecule has 0 aliphatic heterocycles. The molecule has 25 heavy (non-hydrogen) atoms. The standard InChI is InChI=1S/C21H24N2O2/c1-25-20-12-6-5-11-19(20)16-23(15-17-8-7-13-22-14-17)21(24)18-9-3-2-4-10-18/h2-3,5-8,11-14,18H,4,9-10,15-16H2,1H3. The SMILES string of the molecule is COc1ccccc1CN(Cc1cccnc1)C(=O)C1CC=CCC1. The Labute approximate surface area is 149 Å². The van der Waals surface area contributed by atoms with Crippen molar-refractivity contribution in [1.29, 1.82) is 0 Å². The number of rotatable bonds is 6. The summed E-state index contributed by atoms with van der Waals surface area (Å²) in [6.45, 7) is 1.10. The molecule has 0 bridgehead atoms. The van der Waals surface area contributed by atoms with Crippen LogP contribution in [-0.2, 0) is 17.9 Å². The second kappa shape index (κ2) is 8.47. The highest BCUT2D eigenvalue weighted by molar-refractivity contribution is 5.79. The van der Waals surface area contributed by atoms with Crippen LogP contribution in [0.15, 0.2) is 60.9 Å². The summed E-state index contributed by atoms with van der Waals surface area (Å²) in [5.41, 5.74) is 2.06. The molecule has 1 aliphatic rings. The Bertz CT molecular complexity index is 728. The lowest BCUT2D eigenvalue weighted by Crippen LogP contribution is -2.35. The zero-order valence-corrected chi connectivity index (χ0v) is 14.6. The van der Waals surface area contributed by atoms with Crippen molar-refractivity contribution in [3.63, 3.8) is 0 Å². The molecule has 1 aliphatic carbocycles. The van der Waals surface area contributed by atoms with Crippen LogP contribution in [0.25, 0.3) is 0 Å². The molecule has 1 amide bonds. The molecule has 3 rings (SSSR count). The normalized spacial score (nSPS) is 16.4. The van der Waals surface area contributed by atoms with Gasteiger partial charge in [0.2, 0.25) is 5.91 Å². The van der Waals surface area contributed by atoms with Gasteiger partial charge in [-0.1, -0.05) is 36.4 Å². The fraction of sp³-hybridized carbons (Fsp3) is 0.333. The monoisotopic (exact) mass is 336 g/mol. The third-order valence-electron chi connectivity index (χ3n) is 4.58. The van der Waals surface area contributed by atoms with Crippen molar-refractivity contribution in [2.24, 2.45) is 5.92 Å². The molecular weight excluding hydrogens is 312 g/mol. The minimum Gasteiger partial charge on any atom is -0.496 e. The maximum Gasteiger partial charge on any atom is 0.226 e. The number of pyridine rings is 1. The number of hydrogen-bond acceptors (Lipinski definition) is 3. The Morgan fingerprint density at radius 1 is 1.20 bits per heavy atom. The summed E-state index contributed by atoms with van der Waals surface area (Å²) in [6, 6.07) is 11.8. The molecule has 1 unspecified atom stereocenters.